The van der Waals surface area contributed by atoms with Gasteiger partial charge in [0.15, 0.2) is 0 Å². The highest BCUT2D eigenvalue weighted by Crippen LogP contribution is 2.05. The molecule has 0 fully saturated rings. The minimum absolute atomic E-state index is 0.519. The molecule has 4 unspecified atom stereocenters. The lowest BCUT2D eigenvalue weighted by atomic mass is 10.0. The minimum Gasteiger partial charge on any atom is -0.481 e. The van der Waals surface area contributed by atoms with Crippen LogP contribution in [0, 0.1) is 5.92 Å². The molecule has 30 heavy (non-hydrogen) atoms. The molecule has 14 nitrogen and oxygen atoms in total. The van der Waals surface area contributed by atoms with Gasteiger partial charge in [-0.3, -0.25) is 24.0 Å². The van der Waals surface area contributed by atoms with Gasteiger partial charge in [0.1, 0.15) is 24.2 Å². The molecule has 0 saturated heterocycles. The average Bonchev–Trinajstić information content (AvgIpc) is 2.62. The van der Waals surface area contributed by atoms with Gasteiger partial charge in [0, 0.05) is 0 Å². The van der Waals surface area contributed by atoms with Gasteiger partial charge in [-0.15, -0.1) is 0 Å². The summed E-state index contributed by atoms with van der Waals surface area (Å²) in [6.45, 7) is 2.42. The number of aliphatic hydroxyl groups excluding tert-OH is 1. The molecule has 0 aromatic heterocycles. The number of carboxylic acid groups (broad SMARTS) is 2. The van der Waals surface area contributed by atoms with E-state index in [0.717, 1.165) is 0 Å². The van der Waals surface area contributed by atoms with Crippen LogP contribution < -0.4 is 27.4 Å². The van der Waals surface area contributed by atoms with Crippen LogP contribution in [-0.4, -0.2) is 81.7 Å². The standard InChI is InChI=1S/C16H27N5O9/c1-6(2)12(21-13(26)7(17)5-22)15(28)19-8(4-11(24)25)14(27)20-9(16(29)30)3-10(18)23/h6-9,12,22H,3-5,17H2,1-2H3,(H2,18,23)(H,19,28)(H,20,27)(H,21,26)(H,24,25)(H,29,30). The van der Waals surface area contributed by atoms with E-state index in [1.807, 2.05) is 5.32 Å². The Hall–Kier alpha value is -3.26. The zero-order valence-electron chi connectivity index (χ0n) is 16.5. The van der Waals surface area contributed by atoms with Crippen LogP contribution in [0.15, 0.2) is 0 Å². The van der Waals surface area contributed by atoms with Crippen LogP contribution in [-0.2, 0) is 28.8 Å². The van der Waals surface area contributed by atoms with Crippen LogP contribution in [0.25, 0.3) is 0 Å². The number of carbonyl (C=O) groups is 6. The van der Waals surface area contributed by atoms with Gasteiger partial charge in [-0.05, 0) is 5.92 Å². The Bertz CT molecular complexity index is 682. The second kappa shape index (κ2) is 12.3. The first-order valence-electron chi connectivity index (χ1n) is 8.80. The van der Waals surface area contributed by atoms with Crippen molar-refractivity contribution in [3.63, 3.8) is 0 Å². The van der Waals surface area contributed by atoms with Crippen LogP contribution in [0.3, 0.4) is 0 Å². The lowest BCUT2D eigenvalue weighted by molar-refractivity contribution is -0.145. The van der Waals surface area contributed by atoms with Gasteiger partial charge >= 0.3 is 11.9 Å². The maximum absolute atomic E-state index is 12.5. The molecule has 4 amide bonds. The van der Waals surface area contributed by atoms with Crippen LogP contribution >= 0.6 is 0 Å². The Labute approximate surface area is 171 Å². The number of aliphatic carboxylic acids is 2. The molecule has 10 N–H and O–H groups in total. The van der Waals surface area contributed by atoms with Crippen molar-refractivity contribution >= 4 is 35.6 Å². The first-order chi connectivity index (χ1) is 13.8. The van der Waals surface area contributed by atoms with Crippen molar-refractivity contribution in [1.29, 1.82) is 0 Å². The first kappa shape index (κ1) is 26.7. The Morgan fingerprint density at radius 1 is 0.833 bits per heavy atom. The van der Waals surface area contributed by atoms with Gasteiger partial charge in [0.2, 0.25) is 23.6 Å². The van der Waals surface area contributed by atoms with Crippen molar-refractivity contribution in [2.45, 2.75) is 50.9 Å². The SMILES string of the molecule is CC(C)C(NC(=O)C(N)CO)C(=O)NC(CC(=O)O)C(=O)NC(CC(N)=O)C(=O)O. The molecular formula is C16H27N5O9. The van der Waals surface area contributed by atoms with Crippen molar-refractivity contribution in [2.75, 3.05) is 6.61 Å². The van der Waals surface area contributed by atoms with Gasteiger partial charge in [0.05, 0.1) is 19.4 Å². The van der Waals surface area contributed by atoms with E-state index in [-0.39, 0.29) is 0 Å². The number of rotatable bonds is 13. The number of hydrogen-bond acceptors (Lipinski definition) is 8. The van der Waals surface area contributed by atoms with Crippen molar-refractivity contribution in [3.05, 3.63) is 0 Å². The first-order valence-corrected chi connectivity index (χ1v) is 8.80. The summed E-state index contributed by atoms with van der Waals surface area (Å²) in [5.74, 6) is -7.58. The molecule has 0 aliphatic rings. The molecule has 4 atom stereocenters. The number of hydrogen-bond donors (Lipinski definition) is 8. The van der Waals surface area contributed by atoms with Crippen molar-refractivity contribution in [2.24, 2.45) is 17.4 Å². The summed E-state index contributed by atoms with van der Waals surface area (Å²) >= 11 is 0. The summed E-state index contributed by atoms with van der Waals surface area (Å²) in [4.78, 5) is 69.9. The summed E-state index contributed by atoms with van der Waals surface area (Å²) in [5, 5.41) is 33.3. The van der Waals surface area contributed by atoms with Crippen LogP contribution in [0.4, 0.5) is 0 Å². The number of amides is 4. The summed E-state index contributed by atoms with van der Waals surface area (Å²) in [6.07, 6.45) is -1.66. The third kappa shape index (κ3) is 9.29. The molecule has 0 aromatic carbocycles. The number of primary amides is 1. The van der Waals surface area contributed by atoms with Crippen molar-refractivity contribution < 1.29 is 44.1 Å². The minimum atomic E-state index is -1.73. The predicted octanol–water partition coefficient (Wildman–Crippen LogP) is -4.15. The van der Waals surface area contributed by atoms with E-state index in [9.17, 15) is 28.8 Å². The number of carbonyl (C=O) groups excluding carboxylic acids is 4. The van der Waals surface area contributed by atoms with Crippen LogP contribution in [0.2, 0.25) is 0 Å². The molecule has 0 bridgehead atoms. The monoisotopic (exact) mass is 433 g/mol. The maximum Gasteiger partial charge on any atom is 0.326 e. The van der Waals surface area contributed by atoms with Gasteiger partial charge in [-0.2, -0.15) is 0 Å². The second-order valence-electron chi connectivity index (χ2n) is 6.75. The predicted molar refractivity (Wildman–Crippen MR) is 99.4 cm³/mol. The second-order valence-corrected chi connectivity index (χ2v) is 6.75. The Kier molecular flexibility index (Phi) is 11.0. The van der Waals surface area contributed by atoms with E-state index in [0.29, 0.717) is 0 Å². The molecule has 0 rings (SSSR count). The molecule has 0 heterocycles. The Morgan fingerprint density at radius 2 is 1.37 bits per heavy atom. The fraction of sp³-hybridized carbons (Fsp3) is 0.625. The van der Waals surface area contributed by atoms with E-state index in [2.05, 4.69) is 10.6 Å². The quantitative estimate of drug-likeness (QED) is 0.139. The smallest absolute Gasteiger partial charge is 0.326 e. The maximum atomic E-state index is 12.5. The zero-order valence-corrected chi connectivity index (χ0v) is 16.5. The molecule has 0 saturated carbocycles. The summed E-state index contributed by atoms with van der Waals surface area (Å²) in [7, 11) is 0. The largest absolute Gasteiger partial charge is 0.481 e. The number of aliphatic hydroxyl groups is 1. The zero-order chi connectivity index (χ0) is 23.6. The highest BCUT2D eigenvalue weighted by molar-refractivity contribution is 5.96. The van der Waals surface area contributed by atoms with E-state index in [1.54, 1.807) is 13.8 Å². The molecule has 0 spiro atoms. The fourth-order valence-electron chi connectivity index (χ4n) is 2.20. The highest BCUT2D eigenvalue weighted by atomic mass is 16.4. The molecule has 0 radical (unpaired) electrons. The van der Waals surface area contributed by atoms with Gasteiger partial charge < -0.3 is 42.7 Å². The number of carboxylic acids is 2. The van der Waals surface area contributed by atoms with Crippen molar-refractivity contribution in [3.8, 4) is 0 Å². The Morgan fingerprint density at radius 3 is 1.77 bits per heavy atom. The third-order valence-corrected chi connectivity index (χ3v) is 3.81. The lowest BCUT2D eigenvalue weighted by Gasteiger charge is -2.26. The van der Waals surface area contributed by atoms with Crippen molar-refractivity contribution in [1.82, 2.24) is 16.0 Å². The van der Waals surface area contributed by atoms with E-state index < -0.39 is 85.1 Å². The Balaban J connectivity index is 5.45. The lowest BCUT2D eigenvalue weighted by Crippen LogP contribution is -2.59. The molecule has 0 aliphatic carbocycles. The van der Waals surface area contributed by atoms with Gasteiger partial charge in [0.25, 0.3) is 0 Å². The molecule has 170 valence electrons. The summed E-state index contributed by atoms with van der Waals surface area (Å²) in [5.41, 5.74) is 10.3. The molecule has 14 heteroatoms. The van der Waals surface area contributed by atoms with Gasteiger partial charge in [-0.1, -0.05) is 13.8 Å². The number of nitrogens with two attached hydrogens (primary N) is 2. The molecule has 0 aromatic rings. The van der Waals surface area contributed by atoms with Crippen LogP contribution in [0.1, 0.15) is 26.7 Å². The normalized spacial score (nSPS) is 14.7. The van der Waals surface area contributed by atoms with E-state index in [1.165, 1.54) is 0 Å². The van der Waals surface area contributed by atoms with E-state index in [4.69, 9.17) is 26.8 Å². The van der Waals surface area contributed by atoms with Crippen LogP contribution in [0.5, 0.6) is 0 Å². The average molecular weight is 433 g/mol. The third-order valence-electron chi connectivity index (χ3n) is 3.81. The molecular weight excluding hydrogens is 406 g/mol. The number of nitrogens with one attached hydrogen (secondary N) is 3. The highest BCUT2D eigenvalue weighted by Gasteiger charge is 2.33. The van der Waals surface area contributed by atoms with Gasteiger partial charge in [-0.25, -0.2) is 4.79 Å². The summed E-state index contributed by atoms with van der Waals surface area (Å²) < 4.78 is 0. The summed E-state index contributed by atoms with van der Waals surface area (Å²) in [6, 6.07) is -5.98. The van der Waals surface area contributed by atoms with E-state index >= 15 is 0 Å². The fourth-order valence-corrected chi connectivity index (χ4v) is 2.20. The topological polar surface area (TPSA) is 251 Å². The molecule has 0 aliphatic heterocycles.